The van der Waals surface area contributed by atoms with Crippen LogP contribution < -0.4 is 0 Å². The highest BCUT2D eigenvalue weighted by atomic mass is 16.3. The molecule has 20 heavy (non-hydrogen) atoms. The van der Waals surface area contributed by atoms with Crippen LogP contribution in [0.2, 0.25) is 0 Å². The number of likely N-dealkylation sites (tertiary alicyclic amines) is 1. The van der Waals surface area contributed by atoms with E-state index in [0.717, 1.165) is 44.6 Å². The first-order valence-corrected chi connectivity index (χ1v) is 7.53. The van der Waals surface area contributed by atoms with Gasteiger partial charge in [-0.3, -0.25) is 9.88 Å². The number of aryl methyl sites for hydroxylation is 1. The van der Waals surface area contributed by atoms with E-state index in [2.05, 4.69) is 22.9 Å². The lowest BCUT2D eigenvalue weighted by molar-refractivity contribution is -0.0820. The summed E-state index contributed by atoms with van der Waals surface area (Å²) in [5.41, 5.74) is 1.93. The molecule has 4 heteroatoms. The first-order valence-electron chi connectivity index (χ1n) is 7.53. The van der Waals surface area contributed by atoms with E-state index in [-0.39, 0.29) is 12.0 Å². The van der Waals surface area contributed by atoms with Crippen LogP contribution in [-0.4, -0.2) is 45.9 Å². The SMILES string of the molecule is CCC[C@]1(CO)CN(Cc2cccnc2C)CC[C@H]1O. The summed E-state index contributed by atoms with van der Waals surface area (Å²) in [7, 11) is 0. The molecule has 0 aromatic carbocycles. The van der Waals surface area contributed by atoms with Gasteiger partial charge in [-0.15, -0.1) is 0 Å². The highest BCUT2D eigenvalue weighted by molar-refractivity contribution is 5.18. The Morgan fingerprint density at radius 2 is 2.30 bits per heavy atom. The maximum atomic E-state index is 10.3. The molecule has 2 heterocycles. The van der Waals surface area contributed by atoms with E-state index in [9.17, 15) is 10.2 Å². The molecule has 0 aliphatic carbocycles. The minimum Gasteiger partial charge on any atom is -0.396 e. The van der Waals surface area contributed by atoms with Crippen LogP contribution in [-0.2, 0) is 6.54 Å². The number of aromatic nitrogens is 1. The summed E-state index contributed by atoms with van der Waals surface area (Å²) in [5, 5.41) is 20.1. The third-order valence-electron chi connectivity index (χ3n) is 4.54. The second-order valence-electron chi connectivity index (χ2n) is 6.03. The Labute approximate surface area is 121 Å². The van der Waals surface area contributed by atoms with E-state index in [0.29, 0.717) is 0 Å². The number of hydrogen-bond acceptors (Lipinski definition) is 4. The molecule has 0 amide bonds. The molecule has 0 saturated carbocycles. The lowest BCUT2D eigenvalue weighted by atomic mass is 9.74. The van der Waals surface area contributed by atoms with Crippen LogP contribution >= 0.6 is 0 Å². The molecule has 1 fully saturated rings. The molecule has 0 radical (unpaired) electrons. The minimum atomic E-state index is -0.390. The fourth-order valence-corrected chi connectivity index (χ4v) is 3.28. The standard InChI is InChI=1S/C16H26N2O2/c1-3-7-16(12-19)11-18(9-6-15(16)20)10-14-5-4-8-17-13(14)2/h4-5,8,15,19-20H,3,6-7,9-12H2,1-2H3/t15-,16-/m1/s1. The quantitative estimate of drug-likeness (QED) is 0.861. The molecule has 1 aromatic rings. The highest BCUT2D eigenvalue weighted by Crippen LogP contribution is 2.35. The van der Waals surface area contributed by atoms with Crippen LogP contribution in [0.5, 0.6) is 0 Å². The first kappa shape index (κ1) is 15.4. The van der Waals surface area contributed by atoms with E-state index >= 15 is 0 Å². The van der Waals surface area contributed by atoms with Crippen molar-refractivity contribution in [3.63, 3.8) is 0 Å². The molecule has 2 rings (SSSR count). The van der Waals surface area contributed by atoms with Gasteiger partial charge in [-0.25, -0.2) is 0 Å². The predicted molar refractivity (Wildman–Crippen MR) is 79.3 cm³/mol. The van der Waals surface area contributed by atoms with Crippen LogP contribution in [0.3, 0.4) is 0 Å². The maximum Gasteiger partial charge on any atom is 0.0642 e. The molecule has 4 nitrogen and oxygen atoms in total. The summed E-state index contributed by atoms with van der Waals surface area (Å²) in [6.45, 7) is 6.67. The third kappa shape index (κ3) is 3.19. The fourth-order valence-electron chi connectivity index (χ4n) is 3.28. The highest BCUT2D eigenvalue weighted by Gasteiger charge is 2.41. The van der Waals surface area contributed by atoms with E-state index < -0.39 is 6.10 Å². The Hall–Kier alpha value is -0.970. The molecule has 1 aromatic heterocycles. The summed E-state index contributed by atoms with van der Waals surface area (Å²) in [6, 6.07) is 4.07. The summed E-state index contributed by atoms with van der Waals surface area (Å²) in [5.74, 6) is 0. The molecule has 0 spiro atoms. The van der Waals surface area contributed by atoms with E-state index in [1.165, 1.54) is 5.56 Å². The molecule has 0 unspecified atom stereocenters. The maximum absolute atomic E-state index is 10.3. The largest absolute Gasteiger partial charge is 0.396 e. The number of aliphatic hydroxyl groups excluding tert-OH is 2. The summed E-state index contributed by atoms with van der Waals surface area (Å²) in [6.07, 6.45) is 4.01. The molecular formula is C16H26N2O2. The number of piperidine rings is 1. The molecule has 2 N–H and O–H groups in total. The van der Waals surface area contributed by atoms with Crippen molar-refractivity contribution in [1.29, 1.82) is 0 Å². The third-order valence-corrected chi connectivity index (χ3v) is 4.54. The van der Waals surface area contributed by atoms with Gasteiger partial charge >= 0.3 is 0 Å². The van der Waals surface area contributed by atoms with Gasteiger partial charge in [-0.2, -0.15) is 0 Å². The number of rotatable bonds is 5. The molecule has 1 aliphatic heterocycles. The van der Waals surface area contributed by atoms with E-state index in [1.54, 1.807) is 0 Å². The van der Waals surface area contributed by atoms with Crippen molar-refractivity contribution in [1.82, 2.24) is 9.88 Å². The van der Waals surface area contributed by atoms with Crippen molar-refractivity contribution in [3.05, 3.63) is 29.6 Å². The van der Waals surface area contributed by atoms with E-state index in [1.807, 2.05) is 19.2 Å². The van der Waals surface area contributed by atoms with Crippen LogP contribution in [0.1, 0.15) is 37.4 Å². The van der Waals surface area contributed by atoms with Crippen molar-refractivity contribution in [2.75, 3.05) is 19.7 Å². The van der Waals surface area contributed by atoms with Crippen molar-refractivity contribution in [2.45, 2.75) is 45.8 Å². The van der Waals surface area contributed by atoms with Gasteiger partial charge in [0.05, 0.1) is 12.7 Å². The Balaban J connectivity index is 2.09. The second kappa shape index (κ2) is 6.66. The molecule has 112 valence electrons. The molecular weight excluding hydrogens is 252 g/mol. The zero-order valence-electron chi connectivity index (χ0n) is 12.5. The van der Waals surface area contributed by atoms with Crippen molar-refractivity contribution in [3.8, 4) is 0 Å². The van der Waals surface area contributed by atoms with Gasteiger partial charge < -0.3 is 10.2 Å². The lowest BCUT2D eigenvalue weighted by Gasteiger charge is -2.45. The molecule has 1 saturated heterocycles. The first-order chi connectivity index (χ1) is 9.61. The topological polar surface area (TPSA) is 56.6 Å². The number of hydrogen-bond donors (Lipinski definition) is 2. The minimum absolute atomic E-state index is 0.0600. The van der Waals surface area contributed by atoms with Crippen molar-refractivity contribution in [2.24, 2.45) is 5.41 Å². The van der Waals surface area contributed by atoms with Crippen molar-refractivity contribution >= 4 is 0 Å². The molecule has 2 atom stereocenters. The van der Waals surface area contributed by atoms with Gasteiger partial charge in [0.2, 0.25) is 0 Å². The Bertz CT molecular complexity index is 438. The average molecular weight is 278 g/mol. The van der Waals surface area contributed by atoms with Gasteiger partial charge in [-0.1, -0.05) is 19.4 Å². The lowest BCUT2D eigenvalue weighted by Crippen LogP contribution is -2.53. The van der Waals surface area contributed by atoms with Gasteiger partial charge in [0, 0.05) is 36.9 Å². The summed E-state index contributed by atoms with van der Waals surface area (Å²) < 4.78 is 0. The Morgan fingerprint density at radius 3 is 2.95 bits per heavy atom. The molecule has 1 aliphatic rings. The van der Waals surface area contributed by atoms with Gasteiger partial charge in [0.1, 0.15) is 0 Å². The second-order valence-corrected chi connectivity index (χ2v) is 6.03. The Morgan fingerprint density at radius 1 is 1.50 bits per heavy atom. The zero-order chi connectivity index (χ0) is 14.6. The zero-order valence-corrected chi connectivity index (χ0v) is 12.5. The summed E-state index contributed by atoms with van der Waals surface area (Å²) in [4.78, 5) is 6.66. The monoisotopic (exact) mass is 278 g/mol. The number of nitrogens with zero attached hydrogens (tertiary/aromatic N) is 2. The van der Waals surface area contributed by atoms with Gasteiger partial charge in [-0.05, 0) is 31.4 Å². The normalized spacial score (nSPS) is 27.7. The number of pyridine rings is 1. The predicted octanol–water partition coefficient (Wildman–Crippen LogP) is 1.74. The van der Waals surface area contributed by atoms with Crippen molar-refractivity contribution < 1.29 is 10.2 Å². The van der Waals surface area contributed by atoms with Crippen LogP contribution in [0.25, 0.3) is 0 Å². The van der Waals surface area contributed by atoms with Crippen LogP contribution in [0, 0.1) is 12.3 Å². The smallest absolute Gasteiger partial charge is 0.0642 e. The summed E-state index contributed by atoms with van der Waals surface area (Å²) >= 11 is 0. The van der Waals surface area contributed by atoms with Gasteiger partial charge in [0.15, 0.2) is 0 Å². The number of aliphatic hydroxyl groups is 2. The van der Waals surface area contributed by atoms with Crippen LogP contribution in [0.15, 0.2) is 18.3 Å². The Kier molecular flexibility index (Phi) is 5.13. The van der Waals surface area contributed by atoms with E-state index in [4.69, 9.17) is 0 Å². The molecule has 0 bridgehead atoms. The average Bonchev–Trinajstić information content (AvgIpc) is 2.45. The van der Waals surface area contributed by atoms with Crippen LogP contribution in [0.4, 0.5) is 0 Å². The fraction of sp³-hybridized carbons (Fsp3) is 0.688. The van der Waals surface area contributed by atoms with Gasteiger partial charge in [0.25, 0.3) is 0 Å².